The largest absolute Gasteiger partial charge is 0.361 e. The second kappa shape index (κ2) is 4.72. The maximum Gasteiger partial charge on any atom is 0.226 e. The zero-order valence-electron chi connectivity index (χ0n) is 11.5. The molecule has 3 heteroatoms. The van der Waals surface area contributed by atoms with Crippen molar-refractivity contribution >= 4 is 16.8 Å². The van der Waals surface area contributed by atoms with Crippen molar-refractivity contribution in [2.45, 2.75) is 26.8 Å². The first kappa shape index (κ1) is 12.3. The zero-order valence-corrected chi connectivity index (χ0v) is 11.5. The first-order valence-electron chi connectivity index (χ1n) is 7.04. The van der Waals surface area contributed by atoms with Gasteiger partial charge in [0.1, 0.15) is 0 Å². The maximum atomic E-state index is 12.3. The van der Waals surface area contributed by atoms with Gasteiger partial charge in [-0.3, -0.25) is 4.79 Å². The van der Waals surface area contributed by atoms with Crippen LogP contribution in [0.5, 0.6) is 0 Å². The SMILES string of the molecule is CCN(Cc1c[nH]c2ccccc12)C(=O)[C@H]1C[C@@H]1C. The van der Waals surface area contributed by atoms with E-state index in [1.54, 1.807) is 0 Å². The molecule has 1 aliphatic carbocycles. The molecule has 0 bridgehead atoms. The number of amides is 1. The molecule has 3 rings (SSSR count). The smallest absolute Gasteiger partial charge is 0.226 e. The number of benzene rings is 1. The van der Waals surface area contributed by atoms with Gasteiger partial charge in [-0.25, -0.2) is 0 Å². The van der Waals surface area contributed by atoms with Gasteiger partial charge in [0.25, 0.3) is 0 Å². The van der Waals surface area contributed by atoms with Crippen molar-refractivity contribution in [3.63, 3.8) is 0 Å². The maximum absolute atomic E-state index is 12.3. The number of para-hydroxylation sites is 1. The van der Waals surface area contributed by atoms with E-state index in [4.69, 9.17) is 0 Å². The number of hydrogen-bond donors (Lipinski definition) is 1. The Balaban J connectivity index is 1.80. The van der Waals surface area contributed by atoms with Crippen LogP contribution in [-0.4, -0.2) is 22.3 Å². The molecule has 0 unspecified atom stereocenters. The Hall–Kier alpha value is -1.77. The number of H-pyrrole nitrogens is 1. The number of hydrogen-bond acceptors (Lipinski definition) is 1. The van der Waals surface area contributed by atoms with Crippen molar-refractivity contribution in [2.75, 3.05) is 6.54 Å². The summed E-state index contributed by atoms with van der Waals surface area (Å²) >= 11 is 0. The van der Waals surface area contributed by atoms with Gasteiger partial charge >= 0.3 is 0 Å². The average Bonchev–Trinajstić information content (AvgIpc) is 3.02. The molecule has 2 atom stereocenters. The van der Waals surface area contributed by atoms with E-state index < -0.39 is 0 Å². The monoisotopic (exact) mass is 256 g/mol. The van der Waals surface area contributed by atoms with Crippen molar-refractivity contribution in [3.05, 3.63) is 36.0 Å². The van der Waals surface area contributed by atoms with Gasteiger partial charge in [-0.05, 0) is 30.9 Å². The summed E-state index contributed by atoms with van der Waals surface area (Å²) < 4.78 is 0. The predicted octanol–water partition coefficient (Wildman–Crippen LogP) is 3.17. The highest BCUT2D eigenvalue weighted by atomic mass is 16.2. The van der Waals surface area contributed by atoms with Crippen LogP contribution in [0.25, 0.3) is 10.9 Å². The minimum atomic E-state index is 0.269. The molecule has 0 spiro atoms. The number of aromatic amines is 1. The minimum Gasteiger partial charge on any atom is -0.361 e. The molecule has 1 aromatic heterocycles. The number of carbonyl (C=O) groups excluding carboxylic acids is 1. The van der Waals surface area contributed by atoms with Crippen molar-refractivity contribution in [1.82, 2.24) is 9.88 Å². The van der Waals surface area contributed by atoms with Crippen molar-refractivity contribution in [3.8, 4) is 0 Å². The molecule has 19 heavy (non-hydrogen) atoms. The summed E-state index contributed by atoms with van der Waals surface area (Å²) in [4.78, 5) is 17.6. The molecule has 0 saturated heterocycles. The lowest BCUT2D eigenvalue weighted by molar-refractivity contribution is -0.133. The molecule has 1 aromatic carbocycles. The molecular formula is C16H20N2O. The molecule has 1 amide bonds. The second-order valence-corrected chi connectivity index (χ2v) is 5.53. The summed E-state index contributed by atoms with van der Waals surface area (Å²) in [5.41, 5.74) is 2.35. The van der Waals surface area contributed by atoms with Gasteiger partial charge in [-0.1, -0.05) is 25.1 Å². The highest BCUT2D eigenvalue weighted by Gasteiger charge is 2.41. The fourth-order valence-electron chi connectivity index (χ4n) is 2.71. The lowest BCUT2D eigenvalue weighted by Crippen LogP contribution is -2.31. The summed E-state index contributed by atoms with van der Waals surface area (Å²) in [6.07, 6.45) is 3.08. The molecule has 1 fully saturated rings. The summed E-state index contributed by atoms with van der Waals surface area (Å²) in [7, 11) is 0. The number of nitrogens with one attached hydrogen (secondary N) is 1. The van der Waals surface area contributed by atoms with Gasteiger partial charge in [0.05, 0.1) is 0 Å². The van der Waals surface area contributed by atoms with Crippen LogP contribution in [-0.2, 0) is 11.3 Å². The Morgan fingerprint density at radius 3 is 2.84 bits per heavy atom. The molecule has 0 radical (unpaired) electrons. The third-order valence-corrected chi connectivity index (χ3v) is 4.16. The fourth-order valence-corrected chi connectivity index (χ4v) is 2.71. The topological polar surface area (TPSA) is 36.1 Å². The Kier molecular flexibility index (Phi) is 3.05. The Morgan fingerprint density at radius 1 is 1.42 bits per heavy atom. The molecule has 1 saturated carbocycles. The highest BCUT2D eigenvalue weighted by molar-refractivity contribution is 5.85. The first-order chi connectivity index (χ1) is 9.20. The predicted molar refractivity (Wildman–Crippen MR) is 76.7 cm³/mol. The molecule has 100 valence electrons. The molecule has 2 aromatic rings. The van der Waals surface area contributed by atoms with E-state index in [1.807, 2.05) is 23.2 Å². The van der Waals surface area contributed by atoms with Gasteiger partial charge in [0.2, 0.25) is 5.91 Å². The van der Waals surface area contributed by atoms with E-state index in [1.165, 1.54) is 10.9 Å². The van der Waals surface area contributed by atoms with Crippen LogP contribution in [0.1, 0.15) is 25.8 Å². The van der Waals surface area contributed by atoms with Crippen LogP contribution in [0, 0.1) is 11.8 Å². The second-order valence-electron chi connectivity index (χ2n) is 5.53. The average molecular weight is 256 g/mol. The molecule has 1 aliphatic rings. The van der Waals surface area contributed by atoms with E-state index in [0.717, 1.165) is 18.5 Å². The molecule has 0 aliphatic heterocycles. The summed E-state index contributed by atoms with van der Waals surface area (Å²) in [5, 5.41) is 1.22. The lowest BCUT2D eigenvalue weighted by atomic mass is 10.1. The van der Waals surface area contributed by atoms with E-state index in [0.29, 0.717) is 18.4 Å². The van der Waals surface area contributed by atoms with E-state index in [2.05, 4.69) is 31.0 Å². The number of fused-ring (bicyclic) bond motifs is 1. The third-order valence-electron chi connectivity index (χ3n) is 4.16. The Bertz CT molecular complexity index is 602. The number of rotatable bonds is 4. The van der Waals surface area contributed by atoms with Gasteiger partial charge in [0, 0.05) is 36.1 Å². The van der Waals surface area contributed by atoms with Gasteiger partial charge in [-0.2, -0.15) is 0 Å². The van der Waals surface area contributed by atoms with Crippen molar-refractivity contribution < 1.29 is 4.79 Å². The number of aromatic nitrogens is 1. The summed E-state index contributed by atoms with van der Waals surface area (Å²) in [5.74, 6) is 1.16. The number of carbonyl (C=O) groups is 1. The van der Waals surface area contributed by atoms with E-state index in [9.17, 15) is 4.79 Å². The van der Waals surface area contributed by atoms with Crippen LogP contribution in [0.15, 0.2) is 30.5 Å². The first-order valence-corrected chi connectivity index (χ1v) is 7.04. The third kappa shape index (κ3) is 2.25. The van der Waals surface area contributed by atoms with Gasteiger partial charge in [0.15, 0.2) is 0 Å². The Labute approximate surface area is 113 Å². The van der Waals surface area contributed by atoms with Crippen LogP contribution in [0.3, 0.4) is 0 Å². The van der Waals surface area contributed by atoms with Gasteiger partial charge < -0.3 is 9.88 Å². The summed E-state index contributed by atoms with van der Waals surface area (Å²) in [6.45, 7) is 5.70. The van der Waals surface area contributed by atoms with Crippen molar-refractivity contribution in [1.29, 1.82) is 0 Å². The number of nitrogens with zero attached hydrogens (tertiary/aromatic N) is 1. The van der Waals surface area contributed by atoms with E-state index in [-0.39, 0.29) is 5.92 Å². The quantitative estimate of drug-likeness (QED) is 0.896. The van der Waals surface area contributed by atoms with Crippen LogP contribution < -0.4 is 0 Å². The Morgan fingerprint density at radius 2 is 2.16 bits per heavy atom. The normalized spacial score (nSPS) is 21.6. The van der Waals surface area contributed by atoms with Crippen molar-refractivity contribution in [2.24, 2.45) is 11.8 Å². The molecule has 1 heterocycles. The van der Waals surface area contributed by atoms with Crippen LogP contribution >= 0.6 is 0 Å². The molecular weight excluding hydrogens is 236 g/mol. The zero-order chi connectivity index (χ0) is 13.4. The molecule has 3 nitrogen and oxygen atoms in total. The molecule has 1 N–H and O–H groups in total. The van der Waals surface area contributed by atoms with E-state index >= 15 is 0 Å². The fraction of sp³-hybridized carbons (Fsp3) is 0.438. The van der Waals surface area contributed by atoms with Gasteiger partial charge in [-0.15, -0.1) is 0 Å². The standard InChI is InChI=1S/C16H20N2O/c1-3-18(16(19)14-8-11(14)2)10-12-9-17-15-7-5-4-6-13(12)15/h4-7,9,11,14,17H,3,8,10H2,1-2H3/t11-,14-/m0/s1. The minimum absolute atomic E-state index is 0.269. The summed E-state index contributed by atoms with van der Waals surface area (Å²) in [6, 6.07) is 8.25. The lowest BCUT2D eigenvalue weighted by Gasteiger charge is -2.20. The van der Waals surface area contributed by atoms with Crippen LogP contribution in [0.4, 0.5) is 0 Å². The van der Waals surface area contributed by atoms with Crippen LogP contribution in [0.2, 0.25) is 0 Å². The highest BCUT2D eigenvalue weighted by Crippen LogP contribution is 2.39.